The van der Waals surface area contributed by atoms with Crippen LogP contribution in [0.15, 0.2) is 370 Å². The molecule has 0 saturated carbocycles. The first-order valence-corrected chi connectivity index (χ1v) is 33.8. The molecule has 0 radical (unpaired) electrons. The molecule has 482 valence electrons. The fourth-order valence-corrected chi connectivity index (χ4v) is 12.2. The Morgan fingerprint density at radius 1 is 0.168 bits per heavy atom. The molecule has 14 aromatic carbocycles. The summed E-state index contributed by atoms with van der Waals surface area (Å²) in [6, 6.07) is 125. The van der Waals surface area contributed by atoms with Crippen LogP contribution in [0.2, 0.25) is 10.0 Å². The second-order valence-electron chi connectivity index (χ2n) is 23.9. The average Bonchev–Trinajstić information content (AvgIpc) is 0.795. The van der Waals surface area contributed by atoms with Crippen LogP contribution >= 0.6 is 23.2 Å². The summed E-state index contributed by atoms with van der Waals surface area (Å²) in [6.45, 7) is 0. The first-order valence-electron chi connectivity index (χ1n) is 33.1. The van der Waals surface area contributed by atoms with Crippen LogP contribution in [0.3, 0.4) is 0 Å². The topological polar surface area (TPSA) is 118 Å². The van der Waals surface area contributed by atoms with Crippen LogP contribution in [0.4, 0.5) is 0 Å². The van der Waals surface area contributed by atoms with Gasteiger partial charge in [-0.1, -0.05) is 345 Å². The molecule has 101 heavy (non-hydrogen) atoms. The summed E-state index contributed by atoms with van der Waals surface area (Å²) in [6.07, 6.45) is 0. The van der Waals surface area contributed by atoms with E-state index in [1.165, 1.54) is 22.3 Å². The lowest BCUT2D eigenvalue weighted by molar-refractivity contribution is 0.426. The highest BCUT2D eigenvalue weighted by Crippen LogP contribution is 2.35. The minimum Gasteiger partial charge on any atom is -0.423 e. The second kappa shape index (κ2) is 31.5. The number of rotatable bonds is 14. The molecule has 0 atom stereocenters. The Hall–Kier alpha value is -12.3. The fraction of sp³-hybridized carbons (Fsp3) is 0. The summed E-state index contributed by atoms with van der Waals surface area (Å²) in [5.41, 5.74) is 21.8. The highest BCUT2D eigenvalue weighted by Gasteiger charge is 2.18. The van der Waals surface area contributed by atoms with Crippen LogP contribution in [0.25, 0.3) is 146 Å². The zero-order valence-corrected chi connectivity index (χ0v) is 56.1. The molecular weight excluding hydrogens is 1280 g/mol. The van der Waals surface area contributed by atoms with Crippen molar-refractivity contribution in [3.63, 3.8) is 0 Å². The Kier molecular flexibility index (Phi) is 20.5. The number of hydrogen-bond acceptors (Lipinski definition) is 8. The van der Waals surface area contributed by atoms with Gasteiger partial charge < -0.3 is 10.0 Å². The summed E-state index contributed by atoms with van der Waals surface area (Å²) >= 11 is 12.5. The van der Waals surface area contributed by atoms with Crippen LogP contribution < -0.4 is 5.46 Å². The van der Waals surface area contributed by atoms with Crippen molar-refractivity contribution in [3.05, 3.63) is 380 Å². The van der Waals surface area contributed by atoms with Crippen molar-refractivity contribution in [2.75, 3.05) is 0 Å². The summed E-state index contributed by atoms with van der Waals surface area (Å²) in [7, 11) is -1.39. The number of hydrogen-bond donors (Lipinski definition) is 2. The Labute approximate surface area is 598 Å². The maximum absolute atomic E-state index is 8.94. The van der Waals surface area contributed by atoms with Crippen LogP contribution in [0.5, 0.6) is 0 Å². The van der Waals surface area contributed by atoms with Crippen molar-refractivity contribution < 1.29 is 10.0 Å². The molecular formula is C90H63BCl2N6O2. The van der Waals surface area contributed by atoms with Crippen molar-refractivity contribution in [3.8, 4) is 146 Å². The predicted molar refractivity (Wildman–Crippen MR) is 417 cm³/mol. The summed E-state index contributed by atoms with van der Waals surface area (Å²) in [4.78, 5) is 29.7. The maximum atomic E-state index is 8.94. The minimum absolute atomic E-state index is 0.509. The normalized spacial score (nSPS) is 10.8. The molecule has 0 aliphatic heterocycles. The number of benzene rings is 14. The molecule has 11 heteroatoms. The number of aromatic nitrogens is 6. The molecule has 16 rings (SSSR count). The molecule has 2 aromatic heterocycles. The molecule has 0 aliphatic carbocycles. The second-order valence-corrected chi connectivity index (χ2v) is 24.8. The predicted octanol–water partition coefficient (Wildman–Crippen LogP) is 22.1. The molecule has 0 unspecified atom stereocenters. The molecule has 0 spiro atoms. The first kappa shape index (κ1) is 65.9. The third-order valence-electron chi connectivity index (χ3n) is 17.1. The highest BCUT2D eigenvalue weighted by atomic mass is 35.5. The quantitative estimate of drug-likeness (QED) is 0.103. The molecule has 16 aromatic rings. The van der Waals surface area contributed by atoms with Crippen molar-refractivity contribution in [1.82, 2.24) is 29.9 Å². The monoisotopic (exact) mass is 1340 g/mol. The van der Waals surface area contributed by atoms with Crippen molar-refractivity contribution >= 4 is 35.8 Å². The summed E-state index contributed by atoms with van der Waals surface area (Å²) in [5.74, 6) is 3.57. The fourth-order valence-electron chi connectivity index (χ4n) is 11.8. The SMILES string of the molecule is Clc1cccc(-c2nc(-c3cccc(Cl)c3)nc(-c3cccc(-c4ccccc4)c3)n2)c1.OB(O)c1ccc(-c2ccccc2)cc1.c1ccc(-c2ccc(-c3cccc(-c4nc(-c5cccc(-c6ccccc6)c5)nc(-c5cccc(-c6ccc(-c7ccccc7)cc6)c5)n4)c3)cc2)cc1. The Bertz CT molecular complexity index is 5240. The van der Waals surface area contributed by atoms with Gasteiger partial charge >= 0.3 is 7.12 Å². The van der Waals surface area contributed by atoms with Crippen LogP contribution in [-0.2, 0) is 0 Å². The van der Waals surface area contributed by atoms with Gasteiger partial charge in [0.25, 0.3) is 0 Å². The molecule has 0 aliphatic rings. The van der Waals surface area contributed by atoms with Crippen LogP contribution in [0, 0.1) is 0 Å². The lowest BCUT2D eigenvalue weighted by atomic mass is 9.80. The van der Waals surface area contributed by atoms with Gasteiger partial charge in [-0.25, -0.2) is 29.9 Å². The zero-order valence-electron chi connectivity index (χ0n) is 54.6. The van der Waals surface area contributed by atoms with E-state index >= 15 is 0 Å². The largest absolute Gasteiger partial charge is 0.488 e. The van der Waals surface area contributed by atoms with Crippen molar-refractivity contribution in [2.24, 2.45) is 0 Å². The van der Waals surface area contributed by atoms with E-state index in [1.54, 1.807) is 12.1 Å². The molecule has 0 amide bonds. The van der Waals surface area contributed by atoms with Gasteiger partial charge in [-0.15, -0.1) is 0 Å². The van der Waals surface area contributed by atoms with Crippen molar-refractivity contribution in [2.45, 2.75) is 0 Å². The van der Waals surface area contributed by atoms with Gasteiger partial charge in [-0.2, -0.15) is 0 Å². The van der Waals surface area contributed by atoms with E-state index in [9.17, 15) is 0 Å². The van der Waals surface area contributed by atoms with E-state index < -0.39 is 7.12 Å². The number of halogens is 2. The van der Waals surface area contributed by atoms with Crippen molar-refractivity contribution in [1.29, 1.82) is 0 Å². The molecule has 2 heterocycles. The zero-order chi connectivity index (χ0) is 68.7. The molecule has 0 bridgehead atoms. The Balaban J connectivity index is 0.000000154. The average molecular weight is 1340 g/mol. The van der Waals surface area contributed by atoms with Crippen LogP contribution in [0.1, 0.15) is 0 Å². The highest BCUT2D eigenvalue weighted by molar-refractivity contribution is 6.58. The van der Waals surface area contributed by atoms with Crippen LogP contribution in [-0.4, -0.2) is 47.1 Å². The van der Waals surface area contributed by atoms with Gasteiger partial charge in [0.05, 0.1) is 0 Å². The van der Waals surface area contributed by atoms with Gasteiger partial charge in [0.2, 0.25) is 0 Å². The Morgan fingerprint density at radius 3 is 0.564 bits per heavy atom. The standard InChI is InChI=1S/C51H35N3.C27H17Cl2N3.C12H11BO2/c1-4-13-36(14-5-1)39-25-29-41(30-26-39)44-20-11-23-47(34-44)50-52-49(46-22-10-19-43(33-46)38-17-8-3-9-18-38)53-51(54-50)48-24-12-21-45(35-48)42-31-27-40(28-32-42)37-15-6-2-7-16-37;28-23-13-5-11-21(16-23)26-30-25(31-27(32-26)22-12-6-14-24(29)17-22)20-10-4-9-19(15-20)18-7-2-1-3-8-18;14-13(15)12-8-6-11(7-9-12)10-4-2-1-3-5-10/h1-35H;1-17H;1-9,14-15H. The third-order valence-corrected chi connectivity index (χ3v) is 17.6. The summed E-state index contributed by atoms with van der Waals surface area (Å²) < 4.78 is 0. The van der Waals surface area contributed by atoms with E-state index in [-0.39, 0.29) is 0 Å². The smallest absolute Gasteiger partial charge is 0.423 e. The van der Waals surface area contributed by atoms with E-state index in [4.69, 9.17) is 63.2 Å². The molecule has 0 fully saturated rings. The molecule has 2 N–H and O–H groups in total. The maximum Gasteiger partial charge on any atom is 0.488 e. The van der Waals surface area contributed by atoms with E-state index in [0.717, 1.165) is 89.0 Å². The van der Waals surface area contributed by atoms with E-state index in [2.05, 4.69) is 218 Å². The molecule has 0 saturated heterocycles. The lowest BCUT2D eigenvalue weighted by Crippen LogP contribution is -2.29. The van der Waals surface area contributed by atoms with Gasteiger partial charge in [0, 0.05) is 43.4 Å². The Morgan fingerprint density at radius 2 is 0.337 bits per heavy atom. The third kappa shape index (κ3) is 16.5. The minimum atomic E-state index is -1.39. The molecule has 8 nitrogen and oxygen atoms in total. The summed E-state index contributed by atoms with van der Waals surface area (Å²) in [5, 5.41) is 19.1. The lowest BCUT2D eigenvalue weighted by Gasteiger charge is -2.12. The van der Waals surface area contributed by atoms with Gasteiger partial charge in [-0.3, -0.25) is 0 Å². The number of nitrogens with zero attached hydrogens (tertiary/aromatic N) is 6. The van der Waals surface area contributed by atoms with E-state index in [1.807, 2.05) is 140 Å². The van der Waals surface area contributed by atoms with E-state index in [0.29, 0.717) is 50.5 Å². The first-order chi connectivity index (χ1) is 49.7. The van der Waals surface area contributed by atoms with Gasteiger partial charge in [0.15, 0.2) is 34.9 Å². The van der Waals surface area contributed by atoms with Gasteiger partial charge in [-0.05, 0) is 132 Å². The van der Waals surface area contributed by atoms with Gasteiger partial charge in [0.1, 0.15) is 0 Å².